The Labute approximate surface area is 108 Å². The quantitative estimate of drug-likeness (QED) is 0.738. The Hall–Kier alpha value is -1.10. The number of likely N-dealkylation sites (tertiary alicyclic amines) is 1. The van der Waals surface area contributed by atoms with Crippen molar-refractivity contribution in [3.05, 3.63) is 0 Å². The Bertz CT molecular complexity index is 295. The molecule has 1 atom stereocenters. The number of amides is 2. The molecule has 5 nitrogen and oxygen atoms in total. The van der Waals surface area contributed by atoms with Gasteiger partial charge in [0.05, 0.1) is 6.54 Å². The first kappa shape index (κ1) is 13.3. The van der Waals surface area contributed by atoms with Gasteiger partial charge in [-0.3, -0.25) is 9.59 Å². The molecule has 2 rings (SSSR count). The third kappa shape index (κ3) is 3.98. The van der Waals surface area contributed by atoms with E-state index in [0.29, 0.717) is 12.5 Å². The van der Waals surface area contributed by atoms with Crippen molar-refractivity contribution in [2.75, 3.05) is 26.2 Å². The maximum absolute atomic E-state index is 11.7. The predicted molar refractivity (Wildman–Crippen MR) is 69.1 cm³/mol. The minimum absolute atomic E-state index is 0.00348. The summed E-state index contributed by atoms with van der Waals surface area (Å²) in [6, 6.07) is 0.491. The highest BCUT2D eigenvalue weighted by molar-refractivity contribution is 5.84. The number of rotatable bonds is 5. The summed E-state index contributed by atoms with van der Waals surface area (Å²) in [6.45, 7) is 2.93. The molecule has 5 heteroatoms. The van der Waals surface area contributed by atoms with Gasteiger partial charge >= 0.3 is 0 Å². The Morgan fingerprint density at radius 3 is 2.67 bits per heavy atom. The molecule has 0 aromatic rings. The third-order valence-electron chi connectivity index (χ3n) is 3.78. The minimum atomic E-state index is -0.00348. The van der Waals surface area contributed by atoms with Gasteiger partial charge in [-0.2, -0.15) is 0 Å². The second-order valence-corrected chi connectivity index (χ2v) is 5.20. The largest absolute Gasteiger partial charge is 0.347 e. The Morgan fingerprint density at radius 2 is 2.00 bits per heavy atom. The van der Waals surface area contributed by atoms with Crippen LogP contribution in [0, 0.1) is 0 Å². The van der Waals surface area contributed by atoms with E-state index in [1.165, 1.54) is 12.8 Å². The number of carbonyl (C=O) groups excluding carboxylic acids is 2. The second kappa shape index (κ2) is 6.73. The van der Waals surface area contributed by atoms with Crippen molar-refractivity contribution < 1.29 is 9.59 Å². The number of hydrogen-bond donors (Lipinski definition) is 2. The highest BCUT2D eigenvalue weighted by Gasteiger charge is 2.19. The van der Waals surface area contributed by atoms with Gasteiger partial charge in [-0.1, -0.05) is 0 Å². The van der Waals surface area contributed by atoms with Gasteiger partial charge in [-0.05, 0) is 38.6 Å². The topological polar surface area (TPSA) is 61.4 Å². The molecule has 18 heavy (non-hydrogen) atoms. The molecule has 0 aromatic heterocycles. The third-order valence-corrected chi connectivity index (χ3v) is 3.78. The zero-order chi connectivity index (χ0) is 12.8. The van der Waals surface area contributed by atoms with Crippen molar-refractivity contribution in [2.24, 2.45) is 0 Å². The molecule has 0 aliphatic carbocycles. The Morgan fingerprint density at radius 1 is 1.22 bits per heavy atom. The maximum atomic E-state index is 11.7. The predicted octanol–water partition coefficient (Wildman–Crippen LogP) is 0.257. The molecule has 0 bridgehead atoms. The van der Waals surface area contributed by atoms with E-state index < -0.39 is 0 Å². The Balaban J connectivity index is 1.57. The zero-order valence-electron chi connectivity index (χ0n) is 10.9. The first-order valence-corrected chi connectivity index (χ1v) is 7.03. The monoisotopic (exact) mass is 253 g/mol. The van der Waals surface area contributed by atoms with Gasteiger partial charge < -0.3 is 15.5 Å². The van der Waals surface area contributed by atoms with Crippen LogP contribution in [0.3, 0.4) is 0 Å². The lowest BCUT2D eigenvalue weighted by Gasteiger charge is -2.15. The molecular weight excluding hydrogens is 230 g/mol. The SMILES string of the molecule is O=C(CCC1CCCN1)NCC(=O)N1CCCC1. The van der Waals surface area contributed by atoms with E-state index in [1.54, 1.807) is 0 Å². The zero-order valence-corrected chi connectivity index (χ0v) is 10.9. The van der Waals surface area contributed by atoms with Crippen LogP contribution in [0.5, 0.6) is 0 Å². The molecule has 0 spiro atoms. The fourth-order valence-corrected chi connectivity index (χ4v) is 2.65. The first-order valence-electron chi connectivity index (χ1n) is 7.03. The van der Waals surface area contributed by atoms with Gasteiger partial charge in [0.1, 0.15) is 0 Å². The van der Waals surface area contributed by atoms with Crippen LogP contribution in [0.15, 0.2) is 0 Å². The van der Waals surface area contributed by atoms with E-state index in [4.69, 9.17) is 0 Å². The van der Waals surface area contributed by atoms with Crippen molar-refractivity contribution in [2.45, 2.75) is 44.6 Å². The van der Waals surface area contributed by atoms with Gasteiger partial charge in [0.2, 0.25) is 11.8 Å². The van der Waals surface area contributed by atoms with Gasteiger partial charge in [0.25, 0.3) is 0 Å². The summed E-state index contributed by atoms with van der Waals surface area (Å²) in [7, 11) is 0. The van der Waals surface area contributed by atoms with Gasteiger partial charge in [0.15, 0.2) is 0 Å². The van der Waals surface area contributed by atoms with E-state index >= 15 is 0 Å². The summed E-state index contributed by atoms with van der Waals surface area (Å²) < 4.78 is 0. The lowest BCUT2D eigenvalue weighted by atomic mass is 10.1. The fraction of sp³-hybridized carbons (Fsp3) is 0.846. The van der Waals surface area contributed by atoms with Gasteiger partial charge in [-0.25, -0.2) is 0 Å². The highest BCUT2D eigenvalue weighted by atomic mass is 16.2. The molecule has 2 heterocycles. The molecule has 2 saturated heterocycles. The van der Waals surface area contributed by atoms with Crippen molar-refractivity contribution in [1.29, 1.82) is 0 Å². The van der Waals surface area contributed by atoms with Crippen LogP contribution < -0.4 is 10.6 Å². The average molecular weight is 253 g/mol. The van der Waals surface area contributed by atoms with Crippen molar-refractivity contribution in [1.82, 2.24) is 15.5 Å². The second-order valence-electron chi connectivity index (χ2n) is 5.20. The summed E-state index contributed by atoms with van der Waals surface area (Å²) >= 11 is 0. The van der Waals surface area contributed by atoms with Gasteiger partial charge in [-0.15, -0.1) is 0 Å². The van der Waals surface area contributed by atoms with Crippen molar-refractivity contribution in [3.63, 3.8) is 0 Å². The summed E-state index contributed by atoms with van der Waals surface area (Å²) in [5.74, 6) is 0.0519. The highest BCUT2D eigenvalue weighted by Crippen LogP contribution is 2.10. The molecule has 0 saturated carbocycles. The number of nitrogens with one attached hydrogen (secondary N) is 2. The molecule has 2 fully saturated rings. The summed E-state index contributed by atoms with van der Waals surface area (Å²) in [5, 5.41) is 6.09. The minimum Gasteiger partial charge on any atom is -0.347 e. The van der Waals surface area contributed by atoms with Crippen LogP contribution in [-0.4, -0.2) is 48.9 Å². The number of carbonyl (C=O) groups is 2. The molecule has 102 valence electrons. The summed E-state index contributed by atoms with van der Waals surface area (Å²) in [4.78, 5) is 25.2. The Kier molecular flexibility index (Phi) is 4.99. The van der Waals surface area contributed by atoms with Crippen LogP contribution in [0.1, 0.15) is 38.5 Å². The lowest BCUT2D eigenvalue weighted by Crippen LogP contribution is -2.39. The molecule has 1 unspecified atom stereocenters. The molecule has 0 aromatic carbocycles. The summed E-state index contributed by atoms with van der Waals surface area (Å²) in [5.41, 5.74) is 0. The van der Waals surface area contributed by atoms with Crippen molar-refractivity contribution >= 4 is 11.8 Å². The number of hydrogen-bond acceptors (Lipinski definition) is 3. The maximum Gasteiger partial charge on any atom is 0.241 e. The molecule has 2 aliphatic heterocycles. The van der Waals surface area contributed by atoms with Crippen LogP contribution in [0.4, 0.5) is 0 Å². The first-order chi connectivity index (χ1) is 8.75. The van der Waals surface area contributed by atoms with Crippen molar-refractivity contribution in [3.8, 4) is 0 Å². The average Bonchev–Trinajstić information content (AvgIpc) is 3.05. The molecule has 2 amide bonds. The molecule has 2 aliphatic rings. The van der Waals surface area contributed by atoms with E-state index in [1.807, 2.05) is 4.90 Å². The van der Waals surface area contributed by atoms with E-state index in [9.17, 15) is 9.59 Å². The van der Waals surface area contributed by atoms with Crippen LogP contribution in [0.2, 0.25) is 0 Å². The number of nitrogens with zero attached hydrogens (tertiary/aromatic N) is 1. The summed E-state index contributed by atoms with van der Waals surface area (Å²) in [6.07, 6.45) is 5.95. The standard InChI is InChI=1S/C13H23N3O2/c17-12(6-5-11-4-3-7-14-11)15-10-13(18)16-8-1-2-9-16/h11,14H,1-10H2,(H,15,17). The molecule has 2 N–H and O–H groups in total. The smallest absolute Gasteiger partial charge is 0.241 e. The fourth-order valence-electron chi connectivity index (χ4n) is 2.65. The van der Waals surface area contributed by atoms with Gasteiger partial charge in [0, 0.05) is 25.6 Å². The van der Waals surface area contributed by atoms with Crippen LogP contribution in [-0.2, 0) is 9.59 Å². The molecule has 0 radical (unpaired) electrons. The van der Waals surface area contributed by atoms with Crippen LogP contribution in [0.25, 0.3) is 0 Å². The lowest BCUT2D eigenvalue weighted by molar-refractivity contribution is -0.132. The van der Waals surface area contributed by atoms with E-state index in [0.717, 1.165) is 38.9 Å². The van der Waals surface area contributed by atoms with Crippen LogP contribution >= 0.6 is 0 Å². The van der Waals surface area contributed by atoms with E-state index in [-0.39, 0.29) is 18.4 Å². The normalized spacial score (nSPS) is 23.3. The van der Waals surface area contributed by atoms with E-state index in [2.05, 4.69) is 10.6 Å². The molecular formula is C13H23N3O2.